The number of hydrogen-bond acceptors (Lipinski definition) is 3. The van der Waals surface area contributed by atoms with Gasteiger partial charge in [0.25, 0.3) is 0 Å². The zero-order valence-corrected chi connectivity index (χ0v) is 18.2. The standard InChI is InChI=1S/C22H37ClO2S/c1-3-5-6-7-8-9-12-19-18(20(23)16-21(19)24)13-10-11-17-14-15-22(26-17)25-4-2/h14-15,18-21,24H,3-13,16H2,1-2H3/t18-,19-,20-,21-/m1/s1. The molecule has 0 radical (unpaired) electrons. The summed E-state index contributed by atoms with van der Waals surface area (Å²) < 4.78 is 5.56. The van der Waals surface area contributed by atoms with E-state index in [-0.39, 0.29) is 11.5 Å². The Balaban J connectivity index is 1.72. The largest absolute Gasteiger partial charge is 0.484 e. The molecule has 1 aromatic rings. The number of aliphatic hydroxyl groups excluding tert-OH is 1. The van der Waals surface area contributed by atoms with Gasteiger partial charge >= 0.3 is 0 Å². The molecule has 0 spiro atoms. The lowest BCUT2D eigenvalue weighted by Crippen LogP contribution is -2.21. The van der Waals surface area contributed by atoms with E-state index in [0.717, 1.165) is 43.8 Å². The van der Waals surface area contributed by atoms with Crippen molar-refractivity contribution in [2.45, 2.75) is 96.0 Å². The monoisotopic (exact) mass is 400 g/mol. The lowest BCUT2D eigenvalue weighted by molar-refractivity contribution is 0.107. The van der Waals surface area contributed by atoms with Gasteiger partial charge in [-0.3, -0.25) is 0 Å². The van der Waals surface area contributed by atoms with Crippen molar-refractivity contribution in [3.8, 4) is 5.06 Å². The first kappa shape index (κ1) is 22.0. The fraction of sp³-hybridized carbons (Fsp3) is 0.818. The molecule has 0 aliphatic heterocycles. The summed E-state index contributed by atoms with van der Waals surface area (Å²) in [4.78, 5) is 1.39. The Morgan fingerprint density at radius 1 is 1.04 bits per heavy atom. The van der Waals surface area contributed by atoms with E-state index in [1.807, 2.05) is 6.92 Å². The van der Waals surface area contributed by atoms with Gasteiger partial charge in [0.15, 0.2) is 5.06 Å². The minimum Gasteiger partial charge on any atom is -0.484 e. The summed E-state index contributed by atoms with van der Waals surface area (Å²) in [6.45, 7) is 5.01. The minimum atomic E-state index is -0.190. The second-order valence-corrected chi connectivity index (χ2v) is 9.44. The van der Waals surface area contributed by atoms with E-state index in [9.17, 15) is 5.11 Å². The summed E-state index contributed by atoms with van der Waals surface area (Å²) >= 11 is 8.36. The number of halogens is 1. The third-order valence-corrected chi connectivity index (χ3v) is 7.31. The number of aliphatic hydroxyl groups is 1. The lowest BCUT2D eigenvalue weighted by atomic mass is 9.85. The Bertz CT molecular complexity index is 490. The van der Waals surface area contributed by atoms with Gasteiger partial charge in [-0.25, -0.2) is 0 Å². The summed E-state index contributed by atoms with van der Waals surface area (Å²) in [5, 5.41) is 11.6. The molecule has 0 unspecified atom stereocenters. The first-order valence-corrected chi connectivity index (χ1v) is 11.9. The average molecular weight is 401 g/mol. The Kier molecular flexibility index (Phi) is 10.4. The molecule has 1 fully saturated rings. The molecular weight excluding hydrogens is 364 g/mol. The first-order chi connectivity index (χ1) is 12.7. The summed E-state index contributed by atoms with van der Waals surface area (Å²) in [6.07, 6.45) is 13.0. The van der Waals surface area contributed by atoms with Gasteiger partial charge in [-0.1, -0.05) is 45.4 Å². The van der Waals surface area contributed by atoms with Crippen LogP contribution in [0.3, 0.4) is 0 Å². The van der Waals surface area contributed by atoms with E-state index in [4.69, 9.17) is 16.3 Å². The second kappa shape index (κ2) is 12.3. The highest BCUT2D eigenvalue weighted by Crippen LogP contribution is 2.42. The molecule has 2 nitrogen and oxygen atoms in total. The number of hydrogen-bond donors (Lipinski definition) is 1. The summed E-state index contributed by atoms with van der Waals surface area (Å²) in [6, 6.07) is 4.26. The maximum absolute atomic E-state index is 10.5. The molecule has 0 amide bonds. The number of ether oxygens (including phenoxy) is 1. The van der Waals surface area contributed by atoms with Crippen LogP contribution < -0.4 is 4.74 Å². The molecule has 4 heteroatoms. The average Bonchev–Trinajstić information content (AvgIpc) is 3.16. The quantitative estimate of drug-likeness (QED) is 0.290. The van der Waals surface area contributed by atoms with Gasteiger partial charge in [0.05, 0.1) is 12.7 Å². The molecule has 4 atom stereocenters. The highest BCUT2D eigenvalue weighted by molar-refractivity contribution is 7.13. The van der Waals surface area contributed by atoms with Crippen LogP contribution in [0.25, 0.3) is 0 Å². The Labute approximate surface area is 169 Å². The van der Waals surface area contributed by atoms with E-state index in [2.05, 4.69) is 19.1 Å². The smallest absolute Gasteiger partial charge is 0.173 e. The zero-order valence-electron chi connectivity index (χ0n) is 16.6. The van der Waals surface area contributed by atoms with Gasteiger partial charge in [-0.05, 0) is 63.0 Å². The van der Waals surface area contributed by atoms with Crippen LogP contribution >= 0.6 is 22.9 Å². The van der Waals surface area contributed by atoms with Crippen molar-refractivity contribution in [3.63, 3.8) is 0 Å². The summed E-state index contributed by atoms with van der Waals surface area (Å²) in [5.74, 6) is 0.889. The number of aryl methyl sites for hydroxylation is 1. The highest BCUT2D eigenvalue weighted by Gasteiger charge is 2.40. The molecular formula is C22H37ClO2S. The molecule has 1 heterocycles. The normalized spacial score (nSPS) is 25.7. The molecule has 1 aliphatic carbocycles. The van der Waals surface area contributed by atoms with Crippen LogP contribution in [0.2, 0.25) is 0 Å². The summed E-state index contributed by atoms with van der Waals surface area (Å²) in [7, 11) is 0. The van der Waals surface area contributed by atoms with Crippen molar-refractivity contribution in [1.29, 1.82) is 0 Å². The molecule has 1 N–H and O–H groups in total. The number of thiophene rings is 1. The Morgan fingerprint density at radius 3 is 2.54 bits per heavy atom. The lowest BCUT2D eigenvalue weighted by Gasteiger charge is -2.23. The second-order valence-electron chi connectivity index (χ2n) is 7.75. The zero-order chi connectivity index (χ0) is 18.8. The first-order valence-electron chi connectivity index (χ1n) is 10.7. The molecule has 0 aromatic carbocycles. The van der Waals surface area contributed by atoms with Crippen LogP contribution in [-0.4, -0.2) is 23.2 Å². The van der Waals surface area contributed by atoms with Crippen LogP contribution in [-0.2, 0) is 6.42 Å². The van der Waals surface area contributed by atoms with E-state index in [0.29, 0.717) is 11.8 Å². The van der Waals surface area contributed by atoms with Crippen molar-refractivity contribution in [2.24, 2.45) is 11.8 Å². The third-order valence-electron chi connectivity index (χ3n) is 5.75. The molecule has 2 rings (SSSR count). The fourth-order valence-electron chi connectivity index (χ4n) is 4.32. The van der Waals surface area contributed by atoms with Gasteiger partial charge in [0.1, 0.15) is 0 Å². The Hall–Kier alpha value is -0.250. The number of unbranched alkanes of at least 4 members (excludes halogenated alkanes) is 5. The van der Waals surface area contributed by atoms with Crippen LogP contribution in [0.15, 0.2) is 12.1 Å². The molecule has 26 heavy (non-hydrogen) atoms. The van der Waals surface area contributed by atoms with E-state index in [1.54, 1.807) is 11.3 Å². The molecule has 0 bridgehead atoms. The van der Waals surface area contributed by atoms with Crippen molar-refractivity contribution in [1.82, 2.24) is 0 Å². The van der Waals surface area contributed by atoms with Crippen LogP contribution in [0.4, 0.5) is 0 Å². The van der Waals surface area contributed by atoms with Crippen molar-refractivity contribution >= 4 is 22.9 Å². The van der Waals surface area contributed by atoms with E-state index >= 15 is 0 Å². The fourth-order valence-corrected chi connectivity index (χ4v) is 5.77. The number of rotatable bonds is 13. The summed E-state index contributed by atoms with van der Waals surface area (Å²) in [5.41, 5.74) is 0. The topological polar surface area (TPSA) is 29.5 Å². The minimum absolute atomic E-state index is 0.150. The maximum atomic E-state index is 10.5. The SMILES string of the molecule is CCCCCCCC[C@@H]1[C@@H](CCCc2ccc(OCC)s2)[C@H](Cl)C[C@H]1O. The van der Waals surface area contributed by atoms with E-state index < -0.39 is 0 Å². The maximum Gasteiger partial charge on any atom is 0.173 e. The molecule has 1 aromatic heterocycles. The van der Waals surface area contributed by atoms with Crippen molar-refractivity contribution < 1.29 is 9.84 Å². The van der Waals surface area contributed by atoms with Gasteiger partial charge in [-0.2, -0.15) is 0 Å². The van der Waals surface area contributed by atoms with Crippen molar-refractivity contribution in [3.05, 3.63) is 17.0 Å². The van der Waals surface area contributed by atoms with Crippen LogP contribution in [0, 0.1) is 11.8 Å². The molecule has 150 valence electrons. The van der Waals surface area contributed by atoms with Gasteiger partial charge < -0.3 is 9.84 Å². The highest BCUT2D eigenvalue weighted by atomic mass is 35.5. The molecule has 1 aliphatic rings. The predicted molar refractivity (Wildman–Crippen MR) is 114 cm³/mol. The van der Waals surface area contributed by atoms with Crippen LogP contribution in [0.5, 0.6) is 5.06 Å². The van der Waals surface area contributed by atoms with Gasteiger partial charge in [0.2, 0.25) is 0 Å². The van der Waals surface area contributed by atoms with Crippen molar-refractivity contribution in [2.75, 3.05) is 6.61 Å². The van der Waals surface area contributed by atoms with E-state index in [1.165, 1.54) is 43.4 Å². The molecule has 0 saturated heterocycles. The van der Waals surface area contributed by atoms with Crippen LogP contribution in [0.1, 0.15) is 82.9 Å². The molecule has 1 saturated carbocycles. The predicted octanol–water partition coefficient (Wildman–Crippen LogP) is 6.82. The number of alkyl halides is 1. The Morgan fingerprint density at radius 2 is 1.77 bits per heavy atom. The third kappa shape index (κ3) is 7.05. The van der Waals surface area contributed by atoms with Gasteiger partial charge in [0, 0.05) is 10.3 Å². The van der Waals surface area contributed by atoms with Gasteiger partial charge in [-0.15, -0.1) is 22.9 Å².